The van der Waals surface area contributed by atoms with Crippen LogP contribution in [-0.2, 0) is 4.79 Å². The predicted octanol–water partition coefficient (Wildman–Crippen LogP) is 5.82. The summed E-state index contributed by atoms with van der Waals surface area (Å²) in [6.07, 6.45) is 0. The first-order valence-corrected chi connectivity index (χ1v) is 12.2. The van der Waals surface area contributed by atoms with E-state index in [1.54, 1.807) is 42.5 Å². The van der Waals surface area contributed by atoms with Gasteiger partial charge in [-0.05, 0) is 55.0 Å². The second-order valence-electron chi connectivity index (χ2n) is 8.16. The van der Waals surface area contributed by atoms with Gasteiger partial charge in [0.05, 0.1) is 11.3 Å². The van der Waals surface area contributed by atoms with Crippen LogP contribution in [0, 0.1) is 6.92 Å². The Balaban J connectivity index is 1.56. The number of rotatable bonds is 8. The van der Waals surface area contributed by atoms with Gasteiger partial charge in [-0.1, -0.05) is 66.2 Å². The van der Waals surface area contributed by atoms with Crippen molar-refractivity contribution in [3.8, 4) is 0 Å². The minimum atomic E-state index is -0.619. The van der Waals surface area contributed by atoms with Gasteiger partial charge in [0.15, 0.2) is 0 Å². The Bertz CT molecular complexity index is 1390. The summed E-state index contributed by atoms with van der Waals surface area (Å²) in [5.41, 5.74) is 9.13. The van der Waals surface area contributed by atoms with E-state index in [4.69, 9.17) is 5.73 Å². The van der Waals surface area contributed by atoms with E-state index >= 15 is 0 Å². The Morgan fingerprint density at radius 2 is 1.47 bits per heavy atom. The highest BCUT2D eigenvalue weighted by Crippen LogP contribution is 2.37. The number of aryl methyl sites for hydroxylation is 1. The van der Waals surface area contributed by atoms with Crippen molar-refractivity contribution in [3.63, 3.8) is 0 Å². The molecule has 180 valence electrons. The summed E-state index contributed by atoms with van der Waals surface area (Å²) >= 11 is 1.34. The molecule has 0 fully saturated rings. The maximum atomic E-state index is 13.4. The number of hydrogen-bond donors (Lipinski definition) is 3. The fourth-order valence-electron chi connectivity index (χ4n) is 3.60. The van der Waals surface area contributed by atoms with Crippen LogP contribution in [0.1, 0.15) is 37.1 Å². The molecule has 4 aromatic rings. The number of nitrogens with two attached hydrogens (primary N) is 1. The van der Waals surface area contributed by atoms with Crippen LogP contribution in [0.25, 0.3) is 0 Å². The lowest BCUT2D eigenvalue weighted by Crippen LogP contribution is -2.22. The summed E-state index contributed by atoms with van der Waals surface area (Å²) in [6, 6.07) is 30.7. The molecule has 4 rings (SSSR count). The van der Waals surface area contributed by atoms with Gasteiger partial charge in [0.25, 0.3) is 11.8 Å². The third-order valence-electron chi connectivity index (χ3n) is 5.45. The zero-order chi connectivity index (χ0) is 25.5. The van der Waals surface area contributed by atoms with E-state index in [1.807, 2.05) is 67.6 Å². The maximum Gasteiger partial charge on any atom is 0.255 e. The number of carbonyl (C=O) groups excluding carboxylic acids is 3. The summed E-state index contributed by atoms with van der Waals surface area (Å²) in [4.78, 5) is 38.7. The maximum absolute atomic E-state index is 13.4. The Morgan fingerprint density at radius 3 is 2.19 bits per heavy atom. The number of nitrogens with one attached hydrogen (secondary N) is 2. The highest BCUT2D eigenvalue weighted by atomic mass is 32.2. The first-order chi connectivity index (χ1) is 17.4. The summed E-state index contributed by atoms with van der Waals surface area (Å²) in [6.45, 7) is 1.97. The topological polar surface area (TPSA) is 101 Å². The minimum absolute atomic E-state index is 0.211. The van der Waals surface area contributed by atoms with Crippen molar-refractivity contribution in [1.82, 2.24) is 0 Å². The van der Waals surface area contributed by atoms with Crippen LogP contribution in [0.5, 0.6) is 0 Å². The summed E-state index contributed by atoms with van der Waals surface area (Å²) in [5.74, 6) is -1.13. The molecule has 36 heavy (non-hydrogen) atoms. The highest BCUT2D eigenvalue weighted by Gasteiger charge is 2.23. The number of amides is 3. The number of anilines is 2. The minimum Gasteiger partial charge on any atom is -0.366 e. The average molecular weight is 496 g/mol. The van der Waals surface area contributed by atoms with E-state index in [9.17, 15) is 14.4 Å². The smallest absolute Gasteiger partial charge is 0.255 e. The summed E-state index contributed by atoms with van der Waals surface area (Å²) in [5, 5.41) is 5.15. The molecule has 6 nitrogen and oxygen atoms in total. The van der Waals surface area contributed by atoms with Gasteiger partial charge in [-0.2, -0.15) is 0 Å². The van der Waals surface area contributed by atoms with Crippen LogP contribution in [-0.4, -0.2) is 17.7 Å². The lowest BCUT2D eigenvalue weighted by Gasteiger charge is -2.18. The first kappa shape index (κ1) is 24.8. The molecular weight excluding hydrogens is 470 g/mol. The van der Waals surface area contributed by atoms with Crippen molar-refractivity contribution in [2.24, 2.45) is 5.73 Å². The van der Waals surface area contributed by atoms with E-state index in [-0.39, 0.29) is 17.4 Å². The van der Waals surface area contributed by atoms with Crippen molar-refractivity contribution in [1.29, 1.82) is 0 Å². The standard InChI is InChI=1S/C29H25N3O3S/c1-19-14-16-21(17-15-19)28(34)31-22-10-7-11-23(18-22)36-26(20-8-3-2-4-9-20)29(35)32-25-13-6-5-12-24(25)27(30)33/h2-18,26H,1H3,(H2,30,33)(H,31,34)(H,32,35). The van der Waals surface area contributed by atoms with Gasteiger partial charge < -0.3 is 16.4 Å². The van der Waals surface area contributed by atoms with Gasteiger partial charge in [0, 0.05) is 16.1 Å². The van der Waals surface area contributed by atoms with E-state index < -0.39 is 11.2 Å². The number of hydrogen-bond acceptors (Lipinski definition) is 4. The normalized spacial score (nSPS) is 11.4. The Hall–Kier alpha value is -4.36. The molecule has 0 aliphatic carbocycles. The molecule has 4 N–H and O–H groups in total. The molecule has 1 unspecified atom stereocenters. The van der Waals surface area contributed by atoms with Crippen LogP contribution >= 0.6 is 11.8 Å². The second kappa shape index (κ2) is 11.4. The zero-order valence-corrected chi connectivity index (χ0v) is 20.4. The van der Waals surface area contributed by atoms with Gasteiger partial charge in [0.2, 0.25) is 5.91 Å². The molecular formula is C29H25N3O3S. The van der Waals surface area contributed by atoms with Gasteiger partial charge >= 0.3 is 0 Å². The Kier molecular flexibility index (Phi) is 7.82. The van der Waals surface area contributed by atoms with Crippen molar-refractivity contribution < 1.29 is 14.4 Å². The lowest BCUT2D eigenvalue weighted by molar-refractivity contribution is -0.115. The largest absolute Gasteiger partial charge is 0.366 e. The van der Waals surface area contributed by atoms with E-state index in [1.165, 1.54) is 11.8 Å². The molecule has 0 heterocycles. The number of carbonyl (C=O) groups is 3. The molecule has 7 heteroatoms. The molecule has 3 amide bonds. The third-order valence-corrected chi connectivity index (χ3v) is 6.70. The first-order valence-electron chi connectivity index (χ1n) is 11.3. The fraction of sp³-hybridized carbons (Fsp3) is 0.0690. The molecule has 0 bridgehead atoms. The Labute approximate surface area is 213 Å². The Morgan fingerprint density at radius 1 is 0.778 bits per heavy atom. The molecule has 1 atom stereocenters. The predicted molar refractivity (Wildman–Crippen MR) is 144 cm³/mol. The summed E-state index contributed by atoms with van der Waals surface area (Å²) in [7, 11) is 0. The van der Waals surface area contributed by atoms with E-state index in [0.717, 1.165) is 16.0 Å². The van der Waals surface area contributed by atoms with E-state index in [0.29, 0.717) is 16.9 Å². The van der Waals surface area contributed by atoms with Gasteiger partial charge in [-0.25, -0.2) is 0 Å². The number of primary amides is 1. The molecule has 0 spiro atoms. The SMILES string of the molecule is Cc1ccc(C(=O)Nc2cccc(SC(C(=O)Nc3ccccc3C(N)=O)c3ccccc3)c2)cc1. The van der Waals surface area contributed by atoms with E-state index in [2.05, 4.69) is 10.6 Å². The molecule has 0 saturated heterocycles. The molecule has 4 aromatic carbocycles. The van der Waals surface area contributed by atoms with Crippen LogP contribution in [0.2, 0.25) is 0 Å². The molecule has 0 radical (unpaired) electrons. The van der Waals surface area contributed by atoms with Crippen molar-refractivity contribution in [3.05, 3.63) is 125 Å². The quantitative estimate of drug-likeness (QED) is 0.268. The monoisotopic (exact) mass is 495 g/mol. The number of para-hydroxylation sites is 1. The highest BCUT2D eigenvalue weighted by molar-refractivity contribution is 8.00. The van der Waals surface area contributed by atoms with Crippen molar-refractivity contribution in [2.75, 3.05) is 10.6 Å². The second-order valence-corrected chi connectivity index (χ2v) is 9.33. The molecule has 0 aromatic heterocycles. The van der Waals surface area contributed by atoms with Crippen LogP contribution in [0.3, 0.4) is 0 Å². The summed E-state index contributed by atoms with van der Waals surface area (Å²) < 4.78 is 0. The number of thioether (sulfide) groups is 1. The fourth-order valence-corrected chi connectivity index (χ4v) is 4.68. The van der Waals surface area contributed by atoms with Gasteiger partial charge in [-0.3, -0.25) is 14.4 Å². The van der Waals surface area contributed by atoms with Gasteiger partial charge in [0.1, 0.15) is 5.25 Å². The molecule has 0 aliphatic heterocycles. The van der Waals surface area contributed by atoms with Crippen molar-refractivity contribution >= 4 is 40.9 Å². The van der Waals surface area contributed by atoms with Gasteiger partial charge in [-0.15, -0.1) is 11.8 Å². The van der Waals surface area contributed by atoms with Crippen LogP contribution < -0.4 is 16.4 Å². The third kappa shape index (κ3) is 6.20. The molecule has 0 aliphatic rings. The molecule has 0 saturated carbocycles. The van der Waals surface area contributed by atoms with Crippen molar-refractivity contribution in [2.45, 2.75) is 17.1 Å². The average Bonchev–Trinajstić information content (AvgIpc) is 2.88. The lowest BCUT2D eigenvalue weighted by atomic mass is 10.1. The van der Waals surface area contributed by atoms with Crippen LogP contribution in [0.15, 0.2) is 108 Å². The van der Waals surface area contributed by atoms with Crippen LogP contribution in [0.4, 0.5) is 11.4 Å². The zero-order valence-electron chi connectivity index (χ0n) is 19.6. The number of benzene rings is 4.